The van der Waals surface area contributed by atoms with Crippen LogP contribution in [0.1, 0.15) is 48.5 Å². The van der Waals surface area contributed by atoms with E-state index in [4.69, 9.17) is 4.74 Å². The van der Waals surface area contributed by atoms with E-state index in [1.165, 1.54) is 37.4 Å². The Kier molecular flexibility index (Phi) is 7.10. The lowest BCUT2D eigenvalue weighted by atomic mass is 9.87. The minimum Gasteiger partial charge on any atom is -0.495 e. The highest BCUT2D eigenvalue weighted by molar-refractivity contribution is 7.89. The smallest absolute Gasteiger partial charge is 0.251 e. The second-order valence-electron chi connectivity index (χ2n) is 7.66. The molecule has 162 valence electrons. The highest BCUT2D eigenvalue weighted by Crippen LogP contribution is 2.29. The van der Waals surface area contributed by atoms with Crippen LogP contribution >= 0.6 is 0 Å². The Hall–Kier alpha value is -2.45. The topological polar surface area (TPSA) is 84.5 Å². The number of nitrogens with one attached hydrogen (secondary N) is 2. The van der Waals surface area contributed by atoms with Crippen LogP contribution in [0, 0.1) is 11.7 Å². The number of rotatable bonds is 7. The van der Waals surface area contributed by atoms with Gasteiger partial charge < -0.3 is 10.1 Å². The van der Waals surface area contributed by atoms with Crippen LogP contribution in [0.2, 0.25) is 0 Å². The average molecular weight is 435 g/mol. The quantitative estimate of drug-likeness (QED) is 0.697. The third kappa shape index (κ3) is 5.37. The second kappa shape index (κ2) is 9.57. The summed E-state index contributed by atoms with van der Waals surface area (Å²) in [6, 6.07) is 9.98. The van der Waals surface area contributed by atoms with Gasteiger partial charge in [-0.05, 0) is 54.7 Å². The first kappa shape index (κ1) is 22.2. The molecule has 0 aromatic heterocycles. The van der Waals surface area contributed by atoms with Crippen molar-refractivity contribution in [1.29, 1.82) is 0 Å². The summed E-state index contributed by atoms with van der Waals surface area (Å²) in [6.45, 7) is 2.24. The van der Waals surface area contributed by atoms with E-state index >= 15 is 0 Å². The van der Waals surface area contributed by atoms with Crippen LogP contribution < -0.4 is 14.8 Å². The monoisotopic (exact) mass is 434 g/mol. The number of carbonyl (C=O) groups is 1. The summed E-state index contributed by atoms with van der Waals surface area (Å²) in [5, 5.41) is 2.72. The van der Waals surface area contributed by atoms with Gasteiger partial charge in [0.1, 0.15) is 16.5 Å². The van der Waals surface area contributed by atoms with Gasteiger partial charge in [-0.15, -0.1) is 0 Å². The van der Waals surface area contributed by atoms with Crippen LogP contribution in [0.15, 0.2) is 47.4 Å². The van der Waals surface area contributed by atoms with Crippen LogP contribution in [0.5, 0.6) is 5.75 Å². The van der Waals surface area contributed by atoms with Crippen LogP contribution in [0.25, 0.3) is 0 Å². The standard InChI is InChI=1S/C22H27FN2O4S/c1-15-5-3-4-6-19(15)25-30(27,28)21-13-17(9-12-20(21)29-2)22(26)24-14-16-7-10-18(23)11-8-16/h7-13,15,19,25H,3-6,14H2,1-2H3,(H,24,26). The number of sulfonamides is 1. The Morgan fingerprint density at radius 1 is 1.13 bits per heavy atom. The molecule has 0 bridgehead atoms. The van der Waals surface area contributed by atoms with Crippen LogP contribution in [0.3, 0.4) is 0 Å². The first-order valence-corrected chi connectivity index (χ1v) is 11.5. The molecule has 0 radical (unpaired) electrons. The van der Waals surface area contributed by atoms with Crippen molar-refractivity contribution in [2.24, 2.45) is 5.92 Å². The molecule has 0 saturated heterocycles. The lowest BCUT2D eigenvalue weighted by Crippen LogP contribution is -2.41. The van der Waals surface area contributed by atoms with Gasteiger partial charge in [-0.2, -0.15) is 0 Å². The first-order chi connectivity index (χ1) is 14.3. The maximum absolute atomic E-state index is 13.1. The van der Waals surface area contributed by atoms with Gasteiger partial charge in [0.25, 0.3) is 5.91 Å². The largest absolute Gasteiger partial charge is 0.495 e. The number of hydrogen-bond donors (Lipinski definition) is 2. The van der Waals surface area contributed by atoms with Crippen molar-refractivity contribution in [2.75, 3.05) is 7.11 Å². The maximum Gasteiger partial charge on any atom is 0.251 e. The second-order valence-corrected chi connectivity index (χ2v) is 9.35. The van der Waals surface area contributed by atoms with E-state index in [2.05, 4.69) is 10.0 Å². The Morgan fingerprint density at radius 3 is 2.50 bits per heavy atom. The van der Waals surface area contributed by atoms with Crippen molar-refractivity contribution in [3.63, 3.8) is 0 Å². The minimum atomic E-state index is -3.86. The molecular formula is C22H27FN2O4S. The molecule has 2 aromatic carbocycles. The number of hydrogen-bond acceptors (Lipinski definition) is 4. The summed E-state index contributed by atoms with van der Waals surface area (Å²) in [5.74, 6) is -0.345. The molecule has 3 rings (SSSR count). The van der Waals surface area contributed by atoms with Gasteiger partial charge in [0.15, 0.2) is 0 Å². The van der Waals surface area contributed by atoms with Crippen LogP contribution in [-0.2, 0) is 16.6 Å². The van der Waals surface area contributed by atoms with Gasteiger partial charge in [-0.1, -0.05) is 31.9 Å². The van der Waals surface area contributed by atoms with Gasteiger partial charge >= 0.3 is 0 Å². The van der Waals surface area contributed by atoms with Crippen LogP contribution in [-0.4, -0.2) is 27.5 Å². The van der Waals surface area contributed by atoms with Gasteiger partial charge in [-0.3, -0.25) is 4.79 Å². The number of amides is 1. The third-order valence-corrected chi connectivity index (χ3v) is 7.01. The highest BCUT2D eigenvalue weighted by Gasteiger charge is 2.29. The SMILES string of the molecule is COc1ccc(C(=O)NCc2ccc(F)cc2)cc1S(=O)(=O)NC1CCCCC1C. The van der Waals surface area contributed by atoms with Crippen molar-refractivity contribution < 1.29 is 22.3 Å². The predicted molar refractivity (Wildman–Crippen MR) is 112 cm³/mol. The third-order valence-electron chi connectivity index (χ3n) is 5.50. The zero-order valence-corrected chi connectivity index (χ0v) is 18.0. The lowest BCUT2D eigenvalue weighted by molar-refractivity contribution is 0.0950. The summed E-state index contributed by atoms with van der Waals surface area (Å²) in [7, 11) is -2.47. The Bertz CT molecular complexity index is 993. The van der Waals surface area contributed by atoms with Crippen molar-refractivity contribution in [3.05, 3.63) is 59.4 Å². The molecule has 6 nitrogen and oxygen atoms in total. The molecule has 1 saturated carbocycles. The summed E-state index contributed by atoms with van der Waals surface area (Å²) >= 11 is 0. The molecule has 1 amide bonds. The predicted octanol–water partition coefficient (Wildman–Crippen LogP) is 3.62. The van der Waals surface area contributed by atoms with E-state index in [1.54, 1.807) is 12.1 Å². The molecule has 1 fully saturated rings. The fraction of sp³-hybridized carbons (Fsp3) is 0.409. The van der Waals surface area contributed by atoms with Gasteiger partial charge in [0, 0.05) is 18.2 Å². The normalized spacial score (nSPS) is 19.3. The molecule has 0 heterocycles. The molecular weight excluding hydrogens is 407 g/mol. The molecule has 2 aromatic rings. The number of methoxy groups -OCH3 is 1. The minimum absolute atomic E-state index is 0.0581. The van der Waals surface area contributed by atoms with E-state index in [0.717, 1.165) is 31.2 Å². The van der Waals surface area contributed by atoms with Crippen molar-refractivity contribution in [2.45, 2.75) is 50.1 Å². The van der Waals surface area contributed by atoms with Crippen molar-refractivity contribution >= 4 is 15.9 Å². The first-order valence-electron chi connectivity index (χ1n) is 10.0. The summed E-state index contributed by atoms with van der Waals surface area (Å²) in [6.07, 6.45) is 3.86. The number of halogens is 1. The summed E-state index contributed by atoms with van der Waals surface area (Å²) < 4.78 is 47.1. The van der Waals surface area contributed by atoms with E-state index in [-0.39, 0.29) is 40.5 Å². The zero-order valence-electron chi connectivity index (χ0n) is 17.2. The summed E-state index contributed by atoms with van der Waals surface area (Å²) in [4.78, 5) is 12.5. The molecule has 2 unspecified atom stereocenters. The lowest BCUT2D eigenvalue weighted by Gasteiger charge is -2.29. The summed E-state index contributed by atoms with van der Waals surface area (Å²) in [5.41, 5.74) is 0.939. The van der Waals surface area contributed by atoms with E-state index in [1.807, 2.05) is 6.92 Å². The highest BCUT2D eigenvalue weighted by atomic mass is 32.2. The fourth-order valence-electron chi connectivity index (χ4n) is 3.67. The van der Waals surface area contributed by atoms with Crippen molar-refractivity contribution in [1.82, 2.24) is 10.0 Å². The van der Waals surface area contributed by atoms with Gasteiger partial charge in [0.2, 0.25) is 10.0 Å². The fourth-order valence-corrected chi connectivity index (χ4v) is 5.24. The molecule has 8 heteroatoms. The Balaban J connectivity index is 1.78. The van der Waals surface area contributed by atoms with Gasteiger partial charge in [0.05, 0.1) is 7.11 Å². The average Bonchev–Trinajstić information content (AvgIpc) is 2.74. The maximum atomic E-state index is 13.1. The molecule has 2 atom stereocenters. The molecule has 0 aliphatic heterocycles. The van der Waals surface area contributed by atoms with E-state index in [9.17, 15) is 17.6 Å². The van der Waals surface area contributed by atoms with Gasteiger partial charge in [-0.25, -0.2) is 17.5 Å². The van der Waals surface area contributed by atoms with Crippen LogP contribution in [0.4, 0.5) is 4.39 Å². The molecule has 2 N–H and O–H groups in total. The molecule has 30 heavy (non-hydrogen) atoms. The zero-order chi connectivity index (χ0) is 21.7. The number of benzene rings is 2. The number of ether oxygens (including phenoxy) is 1. The van der Waals surface area contributed by atoms with E-state index in [0.29, 0.717) is 0 Å². The Morgan fingerprint density at radius 2 is 1.83 bits per heavy atom. The number of carbonyl (C=O) groups excluding carboxylic acids is 1. The molecule has 1 aliphatic carbocycles. The molecule has 1 aliphatic rings. The Labute approximate surface area is 176 Å². The van der Waals surface area contributed by atoms with Crippen molar-refractivity contribution in [3.8, 4) is 5.75 Å². The molecule has 0 spiro atoms. The van der Waals surface area contributed by atoms with E-state index < -0.39 is 15.9 Å².